The van der Waals surface area contributed by atoms with Crippen molar-refractivity contribution in [2.75, 3.05) is 18.0 Å². The molecular formula is C28H31F2N7O. The number of aryl methyl sites for hydroxylation is 1. The summed E-state index contributed by atoms with van der Waals surface area (Å²) in [5.74, 6) is 5.91. The summed E-state index contributed by atoms with van der Waals surface area (Å²) in [7, 11) is 1.76. The van der Waals surface area contributed by atoms with Gasteiger partial charge in [0.05, 0.1) is 34.6 Å². The SMILES string of the molecule is CC#CCn1cc2c(n1)c(N1C[C@@H](C)N(C(C)c3ccc4ncc(C(F)F)nc4c3)C[C@@H]1C)cc(=O)n2C. The van der Waals surface area contributed by atoms with Crippen LogP contribution in [0.25, 0.3) is 22.1 Å². The number of rotatable bonds is 5. The second kappa shape index (κ2) is 10.1. The monoisotopic (exact) mass is 519 g/mol. The van der Waals surface area contributed by atoms with Crippen molar-refractivity contribution in [3.8, 4) is 11.8 Å². The van der Waals surface area contributed by atoms with E-state index >= 15 is 0 Å². The van der Waals surface area contributed by atoms with Gasteiger partial charge in [0.2, 0.25) is 0 Å². The van der Waals surface area contributed by atoms with Crippen LogP contribution in [0.3, 0.4) is 0 Å². The minimum absolute atomic E-state index is 0.0338. The number of aromatic nitrogens is 5. The Bertz CT molecular complexity index is 1620. The zero-order valence-corrected chi connectivity index (χ0v) is 22.2. The van der Waals surface area contributed by atoms with Gasteiger partial charge in [0.25, 0.3) is 12.0 Å². The van der Waals surface area contributed by atoms with Crippen LogP contribution in [0.1, 0.15) is 51.4 Å². The summed E-state index contributed by atoms with van der Waals surface area (Å²) < 4.78 is 29.7. The van der Waals surface area contributed by atoms with Crippen LogP contribution in [0.4, 0.5) is 14.5 Å². The Hall–Kier alpha value is -3.84. The molecule has 0 amide bonds. The normalized spacial score (nSPS) is 19.2. The fourth-order valence-electron chi connectivity index (χ4n) is 5.33. The first-order valence-corrected chi connectivity index (χ1v) is 12.7. The fraction of sp³-hybridized carbons (Fsp3) is 0.429. The highest BCUT2D eigenvalue weighted by atomic mass is 19.3. The van der Waals surface area contributed by atoms with Gasteiger partial charge >= 0.3 is 0 Å². The molecule has 4 heterocycles. The van der Waals surface area contributed by atoms with Gasteiger partial charge in [0.15, 0.2) is 0 Å². The summed E-state index contributed by atoms with van der Waals surface area (Å²) in [6.07, 6.45) is 0.348. The van der Waals surface area contributed by atoms with Crippen molar-refractivity contribution in [2.24, 2.45) is 7.05 Å². The summed E-state index contributed by atoms with van der Waals surface area (Å²) in [5, 5.41) is 4.77. The molecule has 0 saturated carbocycles. The zero-order valence-electron chi connectivity index (χ0n) is 22.2. The van der Waals surface area contributed by atoms with Gasteiger partial charge in [-0.05, 0) is 45.4 Å². The maximum Gasteiger partial charge on any atom is 0.281 e. The van der Waals surface area contributed by atoms with E-state index in [1.807, 2.05) is 24.4 Å². The lowest BCUT2D eigenvalue weighted by Crippen LogP contribution is -2.57. The van der Waals surface area contributed by atoms with Crippen LogP contribution >= 0.6 is 0 Å². The topological polar surface area (TPSA) is 72.1 Å². The lowest BCUT2D eigenvalue weighted by Gasteiger charge is -2.47. The summed E-state index contributed by atoms with van der Waals surface area (Å²) >= 11 is 0. The van der Waals surface area contributed by atoms with Gasteiger partial charge in [0.1, 0.15) is 17.8 Å². The van der Waals surface area contributed by atoms with E-state index < -0.39 is 6.43 Å². The van der Waals surface area contributed by atoms with Crippen LogP contribution < -0.4 is 10.5 Å². The molecule has 38 heavy (non-hydrogen) atoms. The van der Waals surface area contributed by atoms with Gasteiger partial charge in [-0.25, -0.2) is 13.8 Å². The third kappa shape index (κ3) is 4.63. The smallest absolute Gasteiger partial charge is 0.281 e. The van der Waals surface area contributed by atoms with Crippen molar-refractivity contribution in [2.45, 2.75) is 58.8 Å². The molecule has 8 nitrogen and oxygen atoms in total. The summed E-state index contributed by atoms with van der Waals surface area (Å²) in [5.41, 5.74) is 4.06. The van der Waals surface area contributed by atoms with Crippen molar-refractivity contribution in [3.05, 3.63) is 58.3 Å². The van der Waals surface area contributed by atoms with Crippen LogP contribution in [-0.4, -0.2) is 54.4 Å². The number of nitrogens with zero attached hydrogens (tertiary/aromatic N) is 7. The maximum atomic E-state index is 13.2. The molecule has 0 aliphatic carbocycles. The number of anilines is 1. The molecule has 10 heteroatoms. The molecule has 0 radical (unpaired) electrons. The van der Waals surface area contributed by atoms with Gasteiger partial charge in [-0.2, -0.15) is 5.10 Å². The minimum Gasteiger partial charge on any atom is -0.364 e. The molecule has 1 saturated heterocycles. The zero-order chi connectivity index (χ0) is 27.1. The van der Waals surface area contributed by atoms with E-state index in [2.05, 4.69) is 52.4 Å². The van der Waals surface area contributed by atoms with Gasteiger partial charge in [-0.1, -0.05) is 12.0 Å². The molecule has 4 aromatic rings. The maximum absolute atomic E-state index is 13.2. The third-order valence-corrected chi connectivity index (χ3v) is 7.49. The molecule has 0 spiro atoms. The summed E-state index contributed by atoms with van der Waals surface area (Å²) in [6.45, 7) is 10.1. The van der Waals surface area contributed by atoms with E-state index in [1.165, 1.54) is 0 Å². The Balaban J connectivity index is 1.43. The Labute approximate surface area is 219 Å². The summed E-state index contributed by atoms with van der Waals surface area (Å²) in [6, 6.07) is 7.66. The van der Waals surface area contributed by atoms with Crippen LogP contribution in [0.2, 0.25) is 0 Å². The van der Waals surface area contributed by atoms with Gasteiger partial charge < -0.3 is 9.47 Å². The quantitative estimate of drug-likeness (QED) is 0.366. The predicted molar refractivity (Wildman–Crippen MR) is 144 cm³/mol. The van der Waals surface area contributed by atoms with E-state index in [-0.39, 0.29) is 29.4 Å². The Morgan fingerprint density at radius 1 is 1.13 bits per heavy atom. The van der Waals surface area contributed by atoms with E-state index in [0.29, 0.717) is 24.1 Å². The molecule has 5 rings (SSSR count). The first kappa shape index (κ1) is 25.8. The van der Waals surface area contributed by atoms with Gasteiger partial charge in [-0.15, -0.1) is 5.92 Å². The lowest BCUT2D eigenvalue weighted by molar-refractivity contribution is 0.119. The number of piperazine rings is 1. The molecule has 198 valence electrons. The van der Waals surface area contributed by atoms with Crippen LogP contribution in [0, 0.1) is 11.8 Å². The number of alkyl halides is 2. The van der Waals surface area contributed by atoms with E-state index in [1.54, 1.807) is 29.3 Å². The van der Waals surface area contributed by atoms with E-state index in [9.17, 15) is 13.6 Å². The van der Waals surface area contributed by atoms with E-state index in [4.69, 9.17) is 5.10 Å². The van der Waals surface area contributed by atoms with Gasteiger partial charge in [0, 0.05) is 44.3 Å². The number of fused-ring (bicyclic) bond motifs is 2. The first-order chi connectivity index (χ1) is 18.2. The molecule has 1 aliphatic rings. The lowest BCUT2D eigenvalue weighted by atomic mass is 9.99. The van der Waals surface area contributed by atoms with Crippen molar-refractivity contribution in [1.82, 2.24) is 29.2 Å². The highest BCUT2D eigenvalue weighted by Crippen LogP contribution is 2.33. The van der Waals surface area contributed by atoms with Crippen LogP contribution in [0.5, 0.6) is 0 Å². The number of hydrogen-bond acceptors (Lipinski definition) is 6. The van der Waals surface area contributed by atoms with Gasteiger partial charge in [-0.3, -0.25) is 19.4 Å². The Kier molecular flexibility index (Phi) is 6.88. The molecule has 0 N–H and O–H groups in total. The largest absolute Gasteiger partial charge is 0.364 e. The number of hydrogen-bond donors (Lipinski definition) is 0. The molecule has 1 aromatic carbocycles. The Morgan fingerprint density at radius 2 is 1.92 bits per heavy atom. The summed E-state index contributed by atoms with van der Waals surface area (Å²) in [4.78, 5) is 25.8. The molecule has 1 aliphatic heterocycles. The molecule has 0 bridgehead atoms. The number of pyridine rings is 1. The highest BCUT2D eigenvalue weighted by molar-refractivity contribution is 5.88. The second-order valence-corrected chi connectivity index (χ2v) is 9.98. The van der Waals surface area contributed by atoms with Crippen molar-refractivity contribution in [1.29, 1.82) is 0 Å². The highest BCUT2D eigenvalue weighted by Gasteiger charge is 2.34. The minimum atomic E-state index is -2.66. The second-order valence-electron chi connectivity index (χ2n) is 9.98. The molecule has 1 fully saturated rings. The fourth-order valence-corrected chi connectivity index (χ4v) is 5.33. The van der Waals surface area contributed by atoms with Crippen molar-refractivity contribution in [3.63, 3.8) is 0 Å². The van der Waals surface area contributed by atoms with Crippen LogP contribution in [-0.2, 0) is 13.6 Å². The van der Waals surface area contributed by atoms with Crippen molar-refractivity contribution >= 4 is 27.8 Å². The molecular weight excluding hydrogens is 488 g/mol. The standard InChI is InChI=1S/C28H31F2N7O/c1-6-7-10-35-16-25-27(33-35)24(12-26(38)34(25)5)37-15-17(2)36(14-18(37)3)19(4)20-8-9-21-22(11-20)32-23(13-31-21)28(29)30/h8-9,11-13,16-19,28H,10,14-15H2,1-5H3/t17-,18+,19?/m1/s1. The molecule has 3 atom stereocenters. The third-order valence-electron chi connectivity index (χ3n) is 7.49. The predicted octanol–water partition coefficient (Wildman–Crippen LogP) is 4.30. The number of benzene rings is 1. The van der Waals surface area contributed by atoms with Crippen LogP contribution in [0.15, 0.2) is 41.5 Å². The average molecular weight is 520 g/mol. The first-order valence-electron chi connectivity index (χ1n) is 12.7. The average Bonchev–Trinajstić information content (AvgIpc) is 3.34. The van der Waals surface area contributed by atoms with Crippen molar-refractivity contribution < 1.29 is 8.78 Å². The number of halogens is 2. The molecule has 1 unspecified atom stereocenters. The van der Waals surface area contributed by atoms with E-state index in [0.717, 1.165) is 35.0 Å². The molecule has 3 aromatic heterocycles. The Morgan fingerprint density at radius 3 is 2.66 bits per heavy atom.